The molecule has 1 amide bonds. The molecule has 2 aromatic carbocycles. The van der Waals surface area contributed by atoms with E-state index < -0.39 is 6.04 Å². The Morgan fingerprint density at radius 2 is 1.85 bits per heavy atom. The first-order valence-electron chi connectivity index (χ1n) is 10.7. The highest BCUT2D eigenvalue weighted by molar-refractivity contribution is 6.06. The Kier molecular flexibility index (Phi) is 6.58. The minimum atomic E-state index is -0.549. The summed E-state index contributed by atoms with van der Waals surface area (Å²) in [5.74, 6) is 2.51. The molecule has 0 spiro atoms. The van der Waals surface area contributed by atoms with Gasteiger partial charge in [0.1, 0.15) is 23.9 Å². The highest BCUT2D eigenvalue weighted by Gasteiger charge is 2.34. The van der Waals surface area contributed by atoms with Crippen LogP contribution in [0.2, 0.25) is 0 Å². The lowest BCUT2D eigenvalue weighted by Crippen LogP contribution is -2.31. The molecule has 4 rings (SSSR count). The van der Waals surface area contributed by atoms with Crippen LogP contribution in [0.3, 0.4) is 0 Å². The molecule has 0 fully saturated rings. The van der Waals surface area contributed by atoms with Crippen molar-refractivity contribution in [1.29, 1.82) is 0 Å². The molecule has 0 unspecified atom stereocenters. The number of nitrogens with zero attached hydrogens (tertiary/aromatic N) is 3. The summed E-state index contributed by atoms with van der Waals surface area (Å²) >= 11 is 0. The van der Waals surface area contributed by atoms with E-state index in [1.54, 1.807) is 37.1 Å². The summed E-state index contributed by atoms with van der Waals surface area (Å²) in [4.78, 5) is 17.9. The van der Waals surface area contributed by atoms with E-state index in [2.05, 4.69) is 20.7 Å². The van der Waals surface area contributed by atoms with Crippen LogP contribution in [-0.4, -0.2) is 48.6 Å². The first kappa shape index (κ1) is 23.0. The van der Waals surface area contributed by atoms with Crippen molar-refractivity contribution in [3.05, 3.63) is 59.6 Å². The fourth-order valence-electron chi connectivity index (χ4n) is 3.91. The third kappa shape index (κ3) is 4.21. The second kappa shape index (κ2) is 9.74. The first-order chi connectivity index (χ1) is 16.5. The molecule has 34 heavy (non-hydrogen) atoms. The summed E-state index contributed by atoms with van der Waals surface area (Å²) in [6.45, 7) is 4.24. The van der Waals surface area contributed by atoms with Crippen molar-refractivity contribution >= 4 is 17.5 Å². The molecule has 10 heteroatoms. The maximum atomic E-state index is 13.6. The van der Waals surface area contributed by atoms with Crippen LogP contribution in [-0.2, 0) is 4.79 Å². The third-order valence-electron chi connectivity index (χ3n) is 5.50. The molecule has 0 saturated carbocycles. The summed E-state index contributed by atoms with van der Waals surface area (Å²) in [6.07, 6.45) is 1.45. The third-order valence-corrected chi connectivity index (χ3v) is 5.50. The Balaban J connectivity index is 1.76. The molecule has 1 aliphatic heterocycles. The number of methoxy groups -OCH3 is 3. The Morgan fingerprint density at radius 1 is 1.06 bits per heavy atom. The van der Waals surface area contributed by atoms with Gasteiger partial charge in [-0.3, -0.25) is 4.79 Å². The summed E-state index contributed by atoms with van der Waals surface area (Å²) < 4.78 is 23.6. The van der Waals surface area contributed by atoms with E-state index >= 15 is 0 Å². The molecule has 0 saturated heterocycles. The Hall–Kier alpha value is -4.21. The van der Waals surface area contributed by atoms with Crippen LogP contribution in [0, 0.1) is 0 Å². The van der Waals surface area contributed by atoms with Crippen molar-refractivity contribution in [2.45, 2.75) is 19.9 Å². The molecule has 178 valence electrons. The second-order valence-electron chi connectivity index (χ2n) is 7.46. The van der Waals surface area contributed by atoms with Gasteiger partial charge in [-0.15, -0.1) is 0 Å². The van der Waals surface area contributed by atoms with Crippen LogP contribution in [0.15, 0.2) is 54.0 Å². The predicted molar refractivity (Wildman–Crippen MR) is 127 cm³/mol. The number of allylic oxidation sites excluding steroid dienone is 1. The van der Waals surface area contributed by atoms with Gasteiger partial charge in [0.25, 0.3) is 5.91 Å². The van der Waals surface area contributed by atoms with E-state index in [1.165, 1.54) is 13.4 Å². The SMILES string of the molecule is CCOc1ccc([C@H]2C(C(=O)Nc3ccc(OC)cc3OC)=C(C)Nc3ncnn32)cc1OC. The van der Waals surface area contributed by atoms with E-state index in [0.29, 0.717) is 52.5 Å². The molecule has 2 N–H and O–H groups in total. The van der Waals surface area contributed by atoms with Crippen molar-refractivity contribution in [3.8, 4) is 23.0 Å². The van der Waals surface area contributed by atoms with Crippen molar-refractivity contribution in [2.75, 3.05) is 38.6 Å². The number of benzene rings is 2. The number of rotatable bonds is 8. The van der Waals surface area contributed by atoms with E-state index in [9.17, 15) is 4.79 Å². The number of carbonyl (C=O) groups excluding carboxylic acids is 1. The van der Waals surface area contributed by atoms with Gasteiger partial charge in [-0.05, 0) is 43.7 Å². The molecular formula is C24H27N5O5. The van der Waals surface area contributed by atoms with Gasteiger partial charge in [-0.2, -0.15) is 10.1 Å². The topological polar surface area (TPSA) is 109 Å². The van der Waals surface area contributed by atoms with Crippen LogP contribution in [0.5, 0.6) is 23.0 Å². The minimum Gasteiger partial charge on any atom is -0.497 e. The van der Waals surface area contributed by atoms with Crippen LogP contribution in [0.1, 0.15) is 25.5 Å². The quantitative estimate of drug-likeness (QED) is 0.519. The molecular weight excluding hydrogens is 438 g/mol. The molecule has 0 radical (unpaired) electrons. The van der Waals surface area contributed by atoms with Crippen LogP contribution in [0.4, 0.5) is 11.6 Å². The van der Waals surface area contributed by atoms with Crippen molar-refractivity contribution in [3.63, 3.8) is 0 Å². The van der Waals surface area contributed by atoms with Gasteiger partial charge < -0.3 is 29.6 Å². The maximum absolute atomic E-state index is 13.6. The smallest absolute Gasteiger partial charge is 0.255 e. The number of ether oxygens (including phenoxy) is 4. The number of aromatic nitrogens is 3. The maximum Gasteiger partial charge on any atom is 0.255 e. The van der Waals surface area contributed by atoms with Gasteiger partial charge in [-0.25, -0.2) is 4.68 Å². The lowest BCUT2D eigenvalue weighted by molar-refractivity contribution is -0.113. The normalized spacial score (nSPS) is 14.7. The highest BCUT2D eigenvalue weighted by Crippen LogP contribution is 2.39. The molecule has 1 atom stereocenters. The monoisotopic (exact) mass is 465 g/mol. The standard InChI is InChI=1S/C24H27N5O5/c1-6-34-18-10-7-15(11-20(18)33-5)22-21(14(2)27-24-25-13-26-29(22)24)23(30)28-17-9-8-16(31-3)12-19(17)32-4/h7-13,22H,6H2,1-5H3,(H,28,30)(H,25,26,27)/t22-/m0/s1. The van der Waals surface area contributed by atoms with Crippen LogP contribution in [0.25, 0.3) is 0 Å². The summed E-state index contributed by atoms with van der Waals surface area (Å²) in [7, 11) is 4.68. The fourth-order valence-corrected chi connectivity index (χ4v) is 3.91. The molecule has 0 aliphatic carbocycles. The van der Waals surface area contributed by atoms with E-state index in [0.717, 1.165) is 5.56 Å². The van der Waals surface area contributed by atoms with Crippen LogP contribution >= 0.6 is 0 Å². The van der Waals surface area contributed by atoms with Crippen LogP contribution < -0.4 is 29.6 Å². The average molecular weight is 466 g/mol. The number of carbonyl (C=O) groups is 1. The van der Waals surface area contributed by atoms with Crippen molar-refractivity contribution in [2.24, 2.45) is 0 Å². The minimum absolute atomic E-state index is 0.313. The lowest BCUT2D eigenvalue weighted by Gasteiger charge is -2.29. The van der Waals surface area contributed by atoms with Crippen molar-refractivity contribution in [1.82, 2.24) is 14.8 Å². The second-order valence-corrected chi connectivity index (χ2v) is 7.46. The number of hydrogen-bond acceptors (Lipinski definition) is 8. The first-order valence-corrected chi connectivity index (χ1v) is 10.7. The van der Waals surface area contributed by atoms with Gasteiger partial charge in [-0.1, -0.05) is 6.07 Å². The zero-order valence-electron chi connectivity index (χ0n) is 19.7. The fraction of sp³-hybridized carbons (Fsp3) is 0.292. The highest BCUT2D eigenvalue weighted by atomic mass is 16.5. The van der Waals surface area contributed by atoms with Gasteiger partial charge in [0.05, 0.1) is 39.2 Å². The molecule has 10 nitrogen and oxygen atoms in total. The summed E-state index contributed by atoms with van der Waals surface area (Å²) in [5, 5.41) is 10.5. The molecule has 1 aromatic heterocycles. The van der Waals surface area contributed by atoms with Gasteiger partial charge in [0, 0.05) is 11.8 Å². The largest absolute Gasteiger partial charge is 0.497 e. The molecule has 1 aliphatic rings. The van der Waals surface area contributed by atoms with E-state index in [1.807, 2.05) is 32.0 Å². The van der Waals surface area contributed by atoms with Gasteiger partial charge >= 0.3 is 0 Å². The van der Waals surface area contributed by atoms with E-state index in [-0.39, 0.29) is 5.91 Å². The average Bonchev–Trinajstić information content (AvgIpc) is 3.31. The Morgan fingerprint density at radius 3 is 2.56 bits per heavy atom. The van der Waals surface area contributed by atoms with Gasteiger partial charge in [0.2, 0.25) is 5.95 Å². The number of fused-ring (bicyclic) bond motifs is 1. The zero-order valence-corrected chi connectivity index (χ0v) is 19.7. The molecule has 0 bridgehead atoms. The predicted octanol–water partition coefficient (Wildman–Crippen LogP) is 3.63. The number of amides is 1. The zero-order chi connectivity index (χ0) is 24.2. The Labute approximate surface area is 197 Å². The lowest BCUT2D eigenvalue weighted by atomic mass is 9.94. The van der Waals surface area contributed by atoms with E-state index in [4.69, 9.17) is 18.9 Å². The Bertz CT molecular complexity index is 1240. The molecule has 3 aromatic rings. The van der Waals surface area contributed by atoms with Gasteiger partial charge in [0.15, 0.2) is 11.5 Å². The number of hydrogen-bond donors (Lipinski definition) is 2. The number of anilines is 2. The number of nitrogens with one attached hydrogen (secondary N) is 2. The molecule has 2 heterocycles. The summed E-state index contributed by atoms with van der Waals surface area (Å²) in [5.41, 5.74) is 2.44. The summed E-state index contributed by atoms with van der Waals surface area (Å²) in [6, 6.07) is 10.2. The van der Waals surface area contributed by atoms with Crippen molar-refractivity contribution < 1.29 is 23.7 Å².